The summed E-state index contributed by atoms with van der Waals surface area (Å²) >= 11 is 1.43. The molecule has 0 aromatic heterocycles. The van der Waals surface area contributed by atoms with Crippen LogP contribution in [0.2, 0.25) is 0 Å². The van der Waals surface area contributed by atoms with Crippen LogP contribution in [0.4, 0.5) is 5.69 Å². The van der Waals surface area contributed by atoms with Crippen LogP contribution in [-0.4, -0.2) is 45.2 Å². The van der Waals surface area contributed by atoms with Gasteiger partial charge in [-0.1, -0.05) is 24.3 Å². The Morgan fingerprint density at radius 3 is 2.68 bits per heavy atom. The number of para-hydroxylation sites is 1. The highest BCUT2D eigenvalue weighted by Gasteiger charge is 2.40. The summed E-state index contributed by atoms with van der Waals surface area (Å²) in [5.41, 5.74) is 1.46. The van der Waals surface area contributed by atoms with Crippen molar-refractivity contribution in [3.8, 4) is 5.75 Å². The lowest BCUT2D eigenvalue weighted by Crippen LogP contribution is -2.45. The molecule has 7 heteroatoms. The molecule has 0 saturated heterocycles. The molecule has 1 aliphatic rings. The second kappa shape index (κ2) is 9.12. The number of hydrogen-bond acceptors (Lipinski definition) is 6. The summed E-state index contributed by atoms with van der Waals surface area (Å²) in [7, 11) is 1.57. The van der Waals surface area contributed by atoms with Crippen LogP contribution in [0.3, 0.4) is 0 Å². The molecule has 1 heterocycles. The van der Waals surface area contributed by atoms with Crippen LogP contribution in [0.15, 0.2) is 53.4 Å². The van der Waals surface area contributed by atoms with E-state index in [2.05, 4.69) is 5.32 Å². The van der Waals surface area contributed by atoms with Crippen LogP contribution in [0.5, 0.6) is 5.75 Å². The fraction of sp³-hybridized carbons (Fsp3) is 0.333. The van der Waals surface area contributed by atoms with Gasteiger partial charge in [-0.05, 0) is 36.8 Å². The monoisotopic (exact) mass is 403 g/mol. The fourth-order valence-corrected chi connectivity index (χ4v) is 4.42. The third-order valence-electron chi connectivity index (χ3n) is 4.39. The van der Waals surface area contributed by atoms with E-state index in [1.165, 1.54) is 23.6 Å². The van der Waals surface area contributed by atoms with Gasteiger partial charge in [-0.2, -0.15) is 0 Å². The highest BCUT2D eigenvalue weighted by Crippen LogP contribution is 2.46. The van der Waals surface area contributed by atoms with Gasteiger partial charge in [0.15, 0.2) is 6.10 Å². The third kappa shape index (κ3) is 4.31. The predicted molar refractivity (Wildman–Crippen MR) is 110 cm³/mol. The molecule has 0 unspecified atom stereocenters. The average Bonchev–Trinajstić information content (AvgIpc) is 2.83. The Labute approximate surface area is 173 Å². The molecule has 1 amide bonds. The van der Waals surface area contributed by atoms with Gasteiger partial charge in [0, 0.05) is 29.0 Å². The van der Waals surface area contributed by atoms with E-state index in [-0.39, 0.29) is 13.1 Å². The number of nitrogens with zero attached hydrogens (tertiary/aromatic N) is 1. The number of esters is 1. The second-order valence-corrected chi connectivity index (χ2v) is 7.41. The summed E-state index contributed by atoms with van der Waals surface area (Å²) in [6.45, 7) is -0.880. The molecule has 28 heavy (non-hydrogen) atoms. The molecule has 3 rings (SSSR count). The van der Waals surface area contributed by atoms with Crippen molar-refractivity contribution in [3.63, 3.8) is 0 Å². The summed E-state index contributed by atoms with van der Waals surface area (Å²) in [6, 6.07) is 14.6. The molecule has 0 aliphatic carbocycles. The number of hydrogen-bond donors (Lipinski definition) is 1. The number of nitrogens with one attached hydrogen (secondary N) is 1. The molecule has 2 atom stereocenters. The lowest BCUT2D eigenvalue weighted by Gasteiger charge is -2.27. The van der Waals surface area contributed by atoms with Crippen molar-refractivity contribution in [2.45, 2.75) is 23.2 Å². The summed E-state index contributed by atoms with van der Waals surface area (Å²) < 4.78 is 32.7. The van der Waals surface area contributed by atoms with Crippen molar-refractivity contribution in [1.29, 1.82) is 0 Å². The molecular formula is C21H24N2O4S. The quantitative estimate of drug-likeness (QED) is 0.748. The number of thioether (sulfide) groups is 1. The van der Waals surface area contributed by atoms with Crippen molar-refractivity contribution in [1.82, 2.24) is 5.32 Å². The molecule has 0 bridgehead atoms. The highest BCUT2D eigenvalue weighted by molar-refractivity contribution is 7.99. The van der Waals surface area contributed by atoms with Gasteiger partial charge in [-0.25, -0.2) is 0 Å². The molecule has 1 N–H and O–H groups in total. The smallest absolute Gasteiger partial charge is 0.303 e. The van der Waals surface area contributed by atoms with Crippen LogP contribution in [0, 0.1) is 0 Å². The number of carbonyl (C=O) groups excluding carboxylic acids is 2. The zero-order valence-corrected chi connectivity index (χ0v) is 16.5. The molecular weight excluding hydrogens is 376 g/mol. The Hall–Kier alpha value is -2.51. The van der Waals surface area contributed by atoms with Crippen molar-refractivity contribution in [2.75, 3.05) is 32.1 Å². The molecule has 0 fully saturated rings. The minimum Gasteiger partial charge on any atom is -0.497 e. The van der Waals surface area contributed by atoms with E-state index in [9.17, 15) is 9.59 Å². The fourth-order valence-electron chi connectivity index (χ4n) is 3.11. The number of methoxy groups -OCH3 is 1. The first-order chi connectivity index (χ1) is 14.7. The lowest BCUT2D eigenvalue weighted by atomic mass is 10.1. The highest BCUT2D eigenvalue weighted by atomic mass is 32.2. The Morgan fingerprint density at radius 2 is 2.00 bits per heavy atom. The zero-order valence-electron chi connectivity index (χ0n) is 18.7. The molecule has 0 spiro atoms. The Balaban J connectivity index is 2.00. The van der Waals surface area contributed by atoms with Gasteiger partial charge in [0.2, 0.25) is 0 Å². The average molecular weight is 404 g/mol. The molecule has 0 radical (unpaired) electrons. The molecule has 6 nitrogen and oxygen atoms in total. The summed E-state index contributed by atoms with van der Waals surface area (Å²) in [6.07, 6.45) is -1.07. The first-order valence-corrected chi connectivity index (χ1v) is 9.71. The van der Waals surface area contributed by atoms with Crippen molar-refractivity contribution >= 4 is 29.3 Å². The molecule has 0 saturated carbocycles. The van der Waals surface area contributed by atoms with Crippen molar-refractivity contribution in [2.24, 2.45) is 0 Å². The number of amides is 1. The van der Waals surface area contributed by atoms with Gasteiger partial charge in [0.1, 0.15) is 5.75 Å². The van der Waals surface area contributed by atoms with Gasteiger partial charge >= 0.3 is 5.97 Å². The molecule has 148 valence electrons. The van der Waals surface area contributed by atoms with Crippen LogP contribution in [0.1, 0.15) is 21.8 Å². The maximum atomic E-state index is 13.5. The predicted octanol–water partition coefficient (Wildman–Crippen LogP) is 3.03. The normalized spacial score (nSPS) is 21.0. The van der Waals surface area contributed by atoms with Crippen molar-refractivity contribution in [3.05, 3.63) is 54.1 Å². The minimum atomic E-state index is -2.32. The number of fused-ring (bicyclic) bond motifs is 1. The standard InChI is InChI=1S/C21H24N2O4S/c1-14(24)27-19-20(15-8-10-16(26-3)11-9-15)28-18-7-5-4-6-17(18)23(21(19)25)13-12-22-2/h4-11,19-20,22H,12-13H2,1-3H3/t19-,20+/m0/s1/i2D3. The maximum Gasteiger partial charge on any atom is 0.303 e. The molecule has 2 aromatic rings. The third-order valence-corrected chi connectivity index (χ3v) is 5.76. The van der Waals surface area contributed by atoms with E-state index >= 15 is 0 Å². The minimum absolute atomic E-state index is 0.0568. The first kappa shape index (κ1) is 16.4. The number of likely N-dealkylation sites (N-methyl/N-ethyl adjacent to an activating group) is 1. The van der Waals surface area contributed by atoms with Gasteiger partial charge in [0.05, 0.1) is 18.0 Å². The SMILES string of the molecule is [2H]C([2H])([2H])NCCN1C(=O)[C@@H](OC(C)=O)[C@@H](c2ccc(OC)cc2)Sc2ccccc21. The number of carbonyl (C=O) groups is 2. The Kier molecular flexibility index (Phi) is 5.36. The Bertz CT molecular complexity index is 937. The summed E-state index contributed by atoms with van der Waals surface area (Å²) in [5, 5.41) is 1.95. The van der Waals surface area contributed by atoms with Crippen molar-refractivity contribution < 1.29 is 23.2 Å². The maximum absolute atomic E-state index is 13.5. The van der Waals surface area contributed by atoms with Crippen LogP contribution < -0.4 is 15.0 Å². The van der Waals surface area contributed by atoms with E-state index < -0.39 is 30.2 Å². The Morgan fingerprint density at radius 1 is 1.25 bits per heavy atom. The van der Waals surface area contributed by atoms with Crippen LogP contribution >= 0.6 is 11.8 Å². The summed E-state index contributed by atoms with van der Waals surface area (Å²) in [4.78, 5) is 27.7. The van der Waals surface area contributed by atoms with Crippen LogP contribution in [0.25, 0.3) is 0 Å². The zero-order chi connectivity index (χ0) is 22.6. The van der Waals surface area contributed by atoms with Gasteiger partial charge in [-0.15, -0.1) is 11.8 Å². The number of anilines is 1. The van der Waals surface area contributed by atoms with Gasteiger partial charge < -0.3 is 19.7 Å². The molecule has 2 aromatic carbocycles. The largest absolute Gasteiger partial charge is 0.497 e. The molecule has 1 aliphatic heterocycles. The topological polar surface area (TPSA) is 67.9 Å². The van der Waals surface area contributed by atoms with E-state index in [1.54, 1.807) is 25.3 Å². The van der Waals surface area contributed by atoms with Crippen LogP contribution in [-0.2, 0) is 14.3 Å². The summed E-state index contributed by atoms with van der Waals surface area (Å²) in [5.74, 6) is -0.291. The number of benzene rings is 2. The number of rotatable bonds is 6. The first-order valence-electron chi connectivity index (χ1n) is 10.3. The van der Waals surface area contributed by atoms with E-state index in [4.69, 9.17) is 13.6 Å². The van der Waals surface area contributed by atoms with E-state index in [0.717, 1.165) is 10.5 Å². The van der Waals surface area contributed by atoms with E-state index in [0.29, 0.717) is 11.4 Å². The van der Waals surface area contributed by atoms with Gasteiger partial charge in [-0.3, -0.25) is 9.59 Å². The van der Waals surface area contributed by atoms with E-state index in [1.807, 2.05) is 30.3 Å². The second-order valence-electron chi connectivity index (χ2n) is 6.23. The number of ether oxygens (including phenoxy) is 2. The lowest BCUT2D eigenvalue weighted by molar-refractivity contribution is -0.152. The van der Waals surface area contributed by atoms with Gasteiger partial charge in [0.25, 0.3) is 5.91 Å².